The smallest absolute Gasteiger partial charge is 0.0660 e. The average molecular weight is 179 g/mol. The molecule has 0 aromatic carbocycles. The molecule has 72 valence electrons. The summed E-state index contributed by atoms with van der Waals surface area (Å²) in [7, 11) is 0. The number of fused-ring (bicyclic) bond motifs is 1. The standard InChI is InChI=1S/C10H17N3/c1-6-3-4-9-10(8(6)5-11)7(2)12-13-9/h6,8H,3-5,11H2,1-2H3,(H,12,13). The number of aryl methyl sites for hydroxylation is 2. The second-order valence-corrected chi connectivity index (χ2v) is 4.07. The minimum atomic E-state index is 0.516. The van der Waals surface area contributed by atoms with Gasteiger partial charge in [0.2, 0.25) is 0 Å². The Bertz CT molecular complexity index is 303. The first-order valence-corrected chi connectivity index (χ1v) is 4.97. The van der Waals surface area contributed by atoms with Crippen LogP contribution in [-0.2, 0) is 6.42 Å². The van der Waals surface area contributed by atoms with Crippen LogP contribution < -0.4 is 5.73 Å². The molecule has 0 radical (unpaired) electrons. The Hall–Kier alpha value is -0.830. The SMILES string of the molecule is Cc1[nH]nc2c1C(CN)C(C)CC2. The van der Waals surface area contributed by atoms with Gasteiger partial charge in [0.25, 0.3) is 0 Å². The van der Waals surface area contributed by atoms with Crippen LogP contribution in [0.25, 0.3) is 0 Å². The number of aromatic amines is 1. The quantitative estimate of drug-likeness (QED) is 0.683. The van der Waals surface area contributed by atoms with Crippen LogP contribution in [0.5, 0.6) is 0 Å². The van der Waals surface area contributed by atoms with Gasteiger partial charge in [0.1, 0.15) is 0 Å². The third kappa shape index (κ3) is 1.27. The van der Waals surface area contributed by atoms with Gasteiger partial charge in [-0.2, -0.15) is 5.10 Å². The molecule has 3 heteroatoms. The first-order valence-electron chi connectivity index (χ1n) is 4.97. The molecule has 1 aromatic heterocycles. The van der Waals surface area contributed by atoms with Gasteiger partial charge in [0.05, 0.1) is 5.69 Å². The van der Waals surface area contributed by atoms with Gasteiger partial charge in [-0.3, -0.25) is 5.10 Å². The molecular weight excluding hydrogens is 162 g/mol. The van der Waals surface area contributed by atoms with Crippen molar-refractivity contribution in [3.63, 3.8) is 0 Å². The molecule has 0 bridgehead atoms. The second-order valence-electron chi connectivity index (χ2n) is 4.07. The van der Waals surface area contributed by atoms with Crippen molar-refractivity contribution >= 4 is 0 Å². The molecule has 3 nitrogen and oxygen atoms in total. The largest absolute Gasteiger partial charge is 0.330 e. The van der Waals surface area contributed by atoms with Gasteiger partial charge < -0.3 is 5.73 Å². The lowest BCUT2D eigenvalue weighted by Crippen LogP contribution is -2.25. The Morgan fingerprint density at radius 1 is 1.62 bits per heavy atom. The van der Waals surface area contributed by atoms with E-state index in [1.807, 2.05) is 0 Å². The summed E-state index contributed by atoms with van der Waals surface area (Å²) < 4.78 is 0. The normalized spacial score (nSPS) is 27.3. The maximum Gasteiger partial charge on any atom is 0.0660 e. The van der Waals surface area contributed by atoms with Crippen LogP contribution in [0, 0.1) is 12.8 Å². The van der Waals surface area contributed by atoms with Crippen LogP contribution in [-0.4, -0.2) is 16.7 Å². The Kier molecular flexibility index (Phi) is 2.12. The molecule has 0 saturated carbocycles. The van der Waals surface area contributed by atoms with Gasteiger partial charge >= 0.3 is 0 Å². The third-order valence-electron chi connectivity index (χ3n) is 3.22. The highest BCUT2D eigenvalue weighted by Crippen LogP contribution is 2.35. The van der Waals surface area contributed by atoms with E-state index in [9.17, 15) is 0 Å². The first kappa shape index (κ1) is 8.75. The predicted molar refractivity (Wildman–Crippen MR) is 52.6 cm³/mol. The van der Waals surface area contributed by atoms with Gasteiger partial charge in [-0.1, -0.05) is 6.92 Å². The van der Waals surface area contributed by atoms with Gasteiger partial charge in [-0.15, -0.1) is 0 Å². The maximum absolute atomic E-state index is 5.79. The monoisotopic (exact) mass is 179 g/mol. The lowest BCUT2D eigenvalue weighted by atomic mass is 9.78. The number of nitrogens with zero attached hydrogens (tertiary/aromatic N) is 1. The van der Waals surface area contributed by atoms with Crippen LogP contribution in [0.15, 0.2) is 0 Å². The topological polar surface area (TPSA) is 54.7 Å². The molecule has 3 N–H and O–H groups in total. The fraction of sp³-hybridized carbons (Fsp3) is 0.700. The summed E-state index contributed by atoms with van der Waals surface area (Å²) in [5, 5.41) is 7.37. The Morgan fingerprint density at radius 3 is 3.08 bits per heavy atom. The summed E-state index contributed by atoms with van der Waals surface area (Å²) in [6.07, 6.45) is 2.33. The molecule has 0 amide bonds. The lowest BCUT2D eigenvalue weighted by Gasteiger charge is -2.27. The van der Waals surface area contributed by atoms with Crippen LogP contribution in [0.2, 0.25) is 0 Å². The minimum absolute atomic E-state index is 0.516. The molecule has 0 fully saturated rings. The van der Waals surface area contributed by atoms with Crippen molar-refractivity contribution in [2.24, 2.45) is 11.7 Å². The van der Waals surface area contributed by atoms with Crippen molar-refractivity contribution in [2.75, 3.05) is 6.54 Å². The number of nitrogens with one attached hydrogen (secondary N) is 1. The second kappa shape index (κ2) is 3.14. The summed E-state index contributed by atoms with van der Waals surface area (Å²) in [5.41, 5.74) is 9.63. The van der Waals surface area contributed by atoms with Crippen molar-refractivity contribution in [1.82, 2.24) is 10.2 Å². The van der Waals surface area contributed by atoms with E-state index in [-0.39, 0.29) is 0 Å². The highest BCUT2D eigenvalue weighted by molar-refractivity contribution is 5.31. The zero-order valence-corrected chi connectivity index (χ0v) is 8.30. The number of hydrogen-bond donors (Lipinski definition) is 2. The van der Waals surface area contributed by atoms with Gasteiger partial charge in [0.15, 0.2) is 0 Å². The van der Waals surface area contributed by atoms with E-state index in [1.165, 1.54) is 23.4 Å². The molecule has 1 heterocycles. The zero-order chi connectivity index (χ0) is 9.42. The number of aromatic nitrogens is 2. The molecule has 2 rings (SSSR count). The Balaban J connectivity index is 2.42. The molecule has 13 heavy (non-hydrogen) atoms. The molecule has 1 aliphatic carbocycles. The van der Waals surface area contributed by atoms with Crippen molar-refractivity contribution in [3.05, 3.63) is 17.0 Å². The van der Waals surface area contributed by atoms with Crippen molar-refractivity contribution in [3.8, 4) is 0 Å². The minimum Gasteiger partial charge on any atom is -0.330 e. The fourth-order valence-corrected chi connectivity index (χ4v) is 2.37. The maximum atomic E-state index is 5.79. The van der Waals surface area contributed by atoms with Gasteiger partial charge in [-0.25, -0.2) is 0 Å². The summed E-state index contributed by atoms with van der Waals surface area (Å²) in [6.45, 7) is 5.12. The van der Waals surface area contributed by atoms with Crippen LogP contribution >= 0.6 is 0 Å². The van der Waals surface area contributed by atoms with Crippen molar-refractivity contribution in [2.45, 2.75) is 32.6 Å². The van der Waals surface area contributed by atoms with E-state index in [0.29, 0.717) is 11.8 Å². The Morgan fingerprint density at radius 2 is 2.38 bits per heavy atom. The molecular formula is C10H17N3. The first-order chi connectivity index (χ1) is 6.24. The van der Waals surface area contributed by atoms with E-state index >= 15 is 0 Å². The summed E-state index contributed by atoms with van der Waals surface area (Å²) in [4.78, 5) is 0. The highest BCUT2D eigenvalue weighted by atomic mass is 15.1. The molecule has 0 spiro atoms. The fourth-order valence-electron chi connectivity index (χ4n) is 2.37. The van der Waals surface area contributed by atoms with Gasteiger partial charge in [-0.05, 0) is 32.2 Å². The number of nitrogens with two attached hydrogens (primary N) is 1. The summed E-state index contributed by atoms with van der Waals surface area (Å²) >= 11 is 0. The van der Waals surface area contributed by atoms with E-state index in [1.54, 1.807) is 0 Å². The number of hydrogen-bond acceptors (Lipinski definition) is 2. The molecule has 1 aromatic rings. The molecule has 0 aliphatic heterocycles. The van der Waals surface area contributed by atoms with Crippen LogP contribution in [0.4, 0.5) is 0 Å². The predicted octanol–water partition coefficient (Wildman–Crippen LogP) is 1.34. The molecule has 2 unspecified atom stereocenters. The van der Waals surface area contributed by atoms with Crippen molar-refractivity contribution in [1.29, 1.82) is 0 Å². The number of H-pyrrole nitrogens is 1. The van der Waals surface area contributed by atoms with Gasteiger partial charge in [0, 0.05) is 17.2 Å². The third-order valence-corrected chi connectivity index (χ3v) is 3.22. The molecule has 1 aliphatic rings. The molecule has 2 atom stereocenters. The Labute approximate surface area is 78.7 Å². The number of rotatable bonds is 1. The molecule has 0 saturated heterocycles. The van der Waals surface area contributed by atoms with E-state index in [2.05, 4.69) is 24.0 Å². The van der Waals surface area contributed by atoms with E-state index in [0.717, 1.165) is 13.0 Å². The summed E-state index contributed by atoms with van der Waals surface area (Å²) in [5.74, 6) is 1.22. The zero-order valence-electron chi connectivity index (χ0n) is 8.30. The van der Waals surface area contributed by atoms with Crippen LogP contribution in [0.3, 0.4) is 0 Å². The van der Waals surface area contributed by atoms with Crippen LogP contribution in [0.1, 0.15) is 36.2 Å². The van der Waals surface area contributed by atoms with E-state index < -0.39 is 0 Å². The highest BCUT2D eigenvalue weighted by Gasteiger charge is 2.28. The average Bonchev–Trinajstić information content (AvgIpc) is 2.49. The van der Waals surface area contributed by atoms with E-state index in [4.69, 9.17) is 5.73 Å². The summed E-state index contributed by atoms with van der Waals surface area (Å²) in [6, 6.07) is 0. The lowest BCUT2D eigenvalue weighted by molar-refractivity contribution is 0.405. The van der Waals surface area contributed by atoms with Crippen molar-refractivity contribution < 1.29 is 0 Å².